The summed E-state index contributed by atoms with van der Waals surface area (Å²) in [6.45, 7) is 0. The quantitative estimate of drug-likeness (QED) is 0.392. The average molecular weight is 478 g/mol. The number of anilines is 1. The molecule has 1 aliphatic rings. The minimum Gasteiger partial charge on any atom is -0.382 e. The fraction of sp³-hybridized carbons (Fsp3) is 0.304. The maximum atomic E-state index is 13.9. The van der Waals surface area contributed by atoms with Gasteiger partial charge in [-0.1, -0.05) is 30.3 Å². The van der Waals surface area contributed by atoms with Crippen LogP contribution in [-0.2, 0) is 6.18 Å². The second kappa shape index (κ2) is 9.46. The number of rotatable bonds is 4. The van der Waals surface area contributed by atoms with Crippen LogP contribution < -0.4 is 10.6 Å². The molecule has 1 amide bonds. The van der Waals surface area contributed by atoms with Crippen LogP contribution in [0.4, 0.5) is 27.6 Å². The Morgan fingerprint density at radius 1 is 1.03 bits per heavy atom. The van der Waals surface area contributed by atoms with Crippen molar-refractivity contribution in [3.8, 4) is 0 Å². The summed E-state index contributed by atoms with van der Waals surface area (Å²) in [7, 11) is 0.354. The van der Waals surface area contributed by atoms with E-state index < -0.39 is 29.4 Å². The number of hydrogen-bond donors (Lipinski definition) is 2. The van der Waals surface area contributed by atoms with Gasteiger partial charge < -0.3 is 10.6 Å². The molecule has 2 aromatic carbocycles. The van der Waals surface area contributed by atoms with Crippen LogP contribution in [-0.4, -0.2) is 32.1 Å². The van der Waals surface area contributed by atoms with Crippen molar-refractivity contribution in [1.82, 2.24) is 10.3 Å². The minimum atomic E-state index is -4.56. The molecule has 1 fully saturated rings. The number of carbonyl (C=O) groups is 1. The highest BCUT2D eigenvalue weighted by molar-refractivity contribution is 6.38. The third-order valence-corrected chi connectivity index (χ3v) is 7.06. The highest BCUT2D eigenvalue weighted by atomic mass is 28.2. The Bertz CT molecular complexity index is 1170. The molecule has 2 heterocycles. The molecule has 1 saturated heterocycles. The van der Waals surface area contributed by atoms with Gasteiger partial charge in [0.15, 0.2) is 11.6 Å². The summed E-state index contributed by atoms with van der Waals surface area (Å²) in [5.74, 6) is -2.94. The van der Waals surface area contributed by atoms with Gasteiger partial charge >= 0.3 is 6.18 Å². The molecule has 1 aromatic heterocycles. The van der Waals surface area contributed by atoms with Crippen LogP contribution in [0.25, 0.3) is 10.9 Å². The van der Waals surface area contributed by atoms with E-state index in [0.29, 0.717) is 39.9 Å². The molecule has 4 nitrogen and oxygen atoms in total. The Balaban J connectivity index is 1.46. The van der Waals surface area contributed by atoms with Crippen molar-refractivity contribution in [2.75, 3.05) is 5.32 Å². The molecule has 2 atom stereocenters. The monoisotopic (exact) mass is 477 g/mol. The normalized spacial score (nSPS) is 19.2. The molecule has 172 valence electrons. The van der Waals surface area contributed by atoms with Crippen molar-refractivity contribution >= 4 is 32.0 Å². The summed E-state index contributed by atoms with van der Waals surface area (Å²) in [5.41, 5.74) is -0.895. The number of aromatic nitrogens is 1. The highest BCUT2D eigenvalue weighted by Gasteiger charge is 2.33. The lowest BCUT2D eigenvalue weighted by Gasteiger charge is -2.21. The standard InChI is InChI=1S/C23H20F5N3OSi/c24-16-6-3-5-15(21(16)25)22(32)31-20-9-8-13(10-11-33-20)29-18-12-19(23(26,27)28)30-17-7-2-1-4-14(17)18/h1-7,12-13,20H,8-11H2,(H,29,30)(H,31,32)/t13-,20-/m1/s1. The van der Waals surface area contributed by atoms with E-state index in [1.165, 1.54) is 12.1 Å². The van der Waals surface area contributed by atoms with Crippen molar-refractivity contribution in [1.29, 1.82) is 0 Å². The number of pyridine rings is 1. The Kier molecular flexibility index (Phi) is 6.64. The number of alkyl halides is 3. The van der Waals surface area contributed by atoms with Gasteiger partial charge in [0.1, 0.15) is 5.69 Å². The fourth-order valence-electron chi connectivity index (χ4n) is 3.89. The molecule has 33 heavy (non-hydrogen) atoms. The molecular formula is C23H20F5N3OSi. The van der Waals surface area contributed by atoms with Crippen LogP contribution >= 0.6 is 0 Å². The van der Waals surface area contributed by atoms with Crippen LogP contribution in [0.2, 0.25) is 6.04 Å². The summed E-state index contributed by atoms with van der Waals surface area (Å²) in [6, 6.07) is 11.8. The smallest absolute Gasteiger partial charge is 0.382 e. The summed E-state index contributed by atoms with van der Waals surface area (Å²) in [5, 5.41) is 6.61. The third kappa shape index (κ3) is 5.32. The molecule has 3 aromatic rings. The van der Waals surface area contributed by atoms with E-state index in [1.54, 1.807) is 24.3 Å². The van der Waals surface area contributed by atoms with E-state index in [9.17, 15) is 26.7 Å². The largest absolute Gasteiger partial charge is 0.433 e. The van der Waals surface area contributed by atoms with E-state index in [2.05, 4.69) is 15.6 Å². The zero-order valence-corrected chi connectivity index (χ0v) is 18.3. The molecule has 2 N–H and O–H groups in total. The molecule has 1 aliphatic heterocycles. The first-order valence-corrected chi connectivity index (χ1v) is 11.7. The topological polar surface area (TPSA) is 54.0 Å². The van der Waals surface area contributed by atoms with Crippen molar-refractivity contribution < 1.29 is 26.7 Å². The number of halogens is 5. The number of hydrogen-bond acceptors (Lipinski definition) is 3. The van der Waals surface area contributed by atoms with E-state index in [0.717, 1.165) is 18.2 Å². The van der Waals surface area contributed by atoms with Crippen LogP contribution in [0.5, 0.6) is 0 Å². The number of nitrogens with zero attached hydrogens (tertiary/aromatic N) is 1. The lowest BCUT2D eigenvalue weighted by atomic mass is 10.1. The van der Waals surface area contributed by atoms with E-state index in [1.807, 2.05) is 0 Å². The first-order chi connectivity index (χ1) is 15.7. The van der Waals surface area contributed by atoms with Crippen molar-refractivity contribution in [3.05, 3.63) is 71.4 Å². The van der Waals surface area contributed by atoms with Gasteiger partial charge in [-0.05, 0) is 43.5 Å². The highest BCUT2D eigenvalue weighted by Crippen LogP contribution is 2.34. The molecule has 0 aliphatic carbocycles. The third-order valence-electron chi connectivity index (χ3n) is 5.56. The van der Waals surface area contributed by atoms with Crippen molar-refractivity contribution in [2.45, 2.75) is 43.2 Å². The van der Waals surface area contributed by atoms with Crippen molar-refractivity contribution in [3.63, 3.8) is 0 Å². The number of para-hydroxylation sites is 1. The lowest BCUT2D eigenvalue weighted by Crippen LogP contribution is -2.39. The summed E-state index contributed by atoms with van der Waals surface area (Å²) < 4.78 is 67.3. The summed E-state index contributed by atoms with van der Waals surface area (Å²) in [4.78, 5) is 16.1. The molecular weight excluding hydrogens is 457 g/mol. The molecule has 0 unspecified atom stereocenters. The second-order valence-corrected chi connectivity index (χ2v) is 9.46. The maximum Gasteiger partial charge on any atom is 0.433 e. The number of nitrogens with one attached hydrogen (secondary N) is 2. The molecule has 4 rings (SSSR count). The number of benzene rings is 2. The van der Waals surface area contributed by atoms with Crippen LogP contribution in [0.1, 0.15) is 35.3 Å². The summed E-state index contributed by atoms with van der Waals surface area (Å²) in [6.07, 6.45) is -2.69. The molecule has 2 radical (unpaired) electrons. The molecule has 10 heteroatoms. The van der Waals surface area contributed by atoms with Gasteiger partial charge in [-0.2, -0.15) is 13.2 Å². The van der Waals surface area contributed by atoms with E-state index in [4.69, 9.17) is 0 Å². The van der Waals surface area contributed by atoms with Gasteiger partial charge in [0.05, 0.1) is 20.6 Å². The van der Waals surface area contributed by atoms with E-state index in [-0.39, 0.29) is 22.8 Å². The van der Waals surface area contributed by atoms with Crippen molar-refractivity contribution in [2.24, 2.45) is 0 Å². The predicted molar refractivity (Wildman–Crippen MR) is 116 cm³/mol. The van der Waals surface area contributed by atoms with Gasteiger partial charge in [0.25, 0.3) is 5.91 Å². The number of amides is 1. The SMILES string of the molecule is O=C(N[C@H]1CC[C@@H](Nc2cc(C(F)(F)F)nc3ccccc23)CC[Si]1)c1cccc(F)c1F. The first kappa shape index (κ1) is 23.2. The molecule has 0 bridgehead atoms. The molecule has 0 saturated carbocycles. The second-order valence-electron chi connectivity index (χ2n) is 7.86. The van der Waals surface area contributed by atoms with Gasteiger partial charge in [0, 0.05) is 22.8 Å². The summed E-state index contributed by atoms with van der Waals surface area (Å²) >= 11 is 0. The maximum absolute atomic E-state index is 13.9. The van der Waals surface area contributed by atoms with Crippen LogP contribution in [0, 0.1) is 11.6 Å². The van der Waals surface area contributed by atoms with Crippen LogP contribution in [0.15, 0.2) is 48.5 Å². The zero-order chi connectivity index (χ0) is 23.6. The molecule has 0 spiro atoms. The fourth-order valence-corrected chi connectivity index (χ4v) is 5.36. The average Bonchev–Trinajstić information content (AvgIpc) is 3.00. The van der Waals surface area contributed by atoms with Gasteiger partial charge in [-0.15, -0.1) is 0 Å². The Hall–Kier alpha value is -3.01. The number of fused-ring (bicyclic) bond motifs is 1. The Labute approximate surface area is 189 Å². The Morgan fingerprint density at radius 2 is 1.82 bits per heavy atom. The van der Waals surface area contributed by atoms with Gasteiger partial charge in [0.2, 0.25) is 0 Å². The van der Waals surface area contributed by atoms with Gasteiger partial charge in [-0.3, -0.25) is 4.79 Å². The minimum absolute atomic E-state index is 0.0998. The lowest BCUT2D eigenvalue weighted by molar-refractivity contribution is -0.140. The van der Waals surface area contributed by atoms with Gasteiger partial charge in [-0.25, -0.2) is 13.8 Å². The van der Waals surface area contributed by atoms with E-state index >= 15 is 0 Å². The zero-order valence-electron chi connectivity index (χ0n) is 17.3. The Morgan fingerprint density at radius 3 is 2.61 bits per heavy atom. The predicted octanol–water partition coefficient (Wildman–Crippen LogP) is 5.37. The first-order valence-electron chi connectivity index (χ1n) is 10.4. The number of carbonyl (C=O) groups excluding carboxylic acids is 1. The van der Waals surface area contributed by atoms with Crippen LogP contribution in [0.3, 0.4) is 0 Å².